The topological polar surface area (TPSA) is 80.4 Å². The zero-order valence-electron chi connectivity index (χ0n) is 10.3. The monoisotopic (exact) mass is 269 g/mol. The van der Waals surface area contributed by atoms with Crippen LogP contribution in [0.3, 0.4) is 0 Å². The van der Waals surface area contributed by atoms with Crippen molar-refractivity contribution in [2.24, 2.45) is 5.73 Å². The predicted molar refractivity (Wildman–Crippen MR) is 70.2 cm³/mol. The van der Waals surface area contributed by atoms with Crippen molar-refractivity contribution in [3.8, 4) is 0 Å². The van der Waals surface area contributed by atoms with Gasteiger partial charge in [0.25, 0.3) is 0 Å². The number of aryl methyl sites for hydroxylation is 2. The van der Waals surface area contributed by atoms with Gasteiger partial charge >= 0.3 is 0 Å². The number of aliphatic hydroxyl groups excluding tert-OH is 1. The average Bonchev–Trinajstić information content (AvgIpc) is 2.75. The minimum atomic E-state index is -3.34. The normalized spacial score (nSPS) is 16.6. The average molecular weight is 269 g/mol. The van der Waals surface area contributed by atoms with Crippen molar-refractivity contribution in [1.82, 2.24) is 0 Å². The van der Waals surface area contributed by atoms with Crippen molar-refractivity contribution in [3.05, 3.63) is 29.3 Å². The summed E-state index contributed by atoms with van der Waals surface area (Å²) in [5, 5.41) is 8.76. The highest BCUT2D eigenvalue weighted by Crippen LogP contribution is 2.25. The summed E-state index contributed by atoms with van der Waals surface area (Å²) in [5.74, 6) is -0.105. The van der Waals surface area contributed by atoms with Gasteiger partial charge in [-0.2, -0.15) is 0 Å². The molecular formula is C13H19NO3S. The second kappa shape index (κ2) is 5.38. The zero-order chi connectivity index (χ0) is 13.2. The maximum absolute atomic E-state index is 12.2. The van der Waals surface area contributed by atoms with Crippen molar-refractivity contribution in [2.45, 2.75) is 36.6 Å². The SMILES string of the molecule is NC(CCO)CS(=O)(=O)c1ccc2c(c1)CCC2. The van der Waals surface area contributed by atoms with E-state index >= 15 is 0 Å². The summed E-state index contributed by atoms with van der Waals surface area (Å²) in [7, 11) is -3.34. The third kappa shape index (κ3) is 2.91. The second-order valence-electron chi connectivity index (χ2n) is 4.84. The molecule has 0 radical (unpaired) electrons. The van der Waals surface area contributed by atoms with E-state index in [2.05, 4.69) is 0 Å². The molecule has 1 aromatic rings. The minimum absolute atomic E-state index is 0.0825. The highest BCUT2D eigenvalue weighted by Gasteiger charge is 2.21. The van der Waals surface area contributed by atoms with E-state index in [1.165, 1.54) is 5.56 Å². The predicted octanol–water partition coefficient (Wildman–Crippen LogP) is 0.659. The standard InChI is InChI=1S/C13H19NO3S/c14-12(6-7-15)9-18(16,17)13-5-4-10-2-1-3-11(10)8-13/h4-5,8,12,15H,1-3,6-7,9,14H2. The van der Waals surface area contributed by atoms with Crippen molar-refractivity contribution in [3.63, 3.8) is 0 Å². The summed E-state index contributed by atoms with van der Waals surface area (Å²) in [6.07, 6.45) is 3.41. The smallest absolute Gasteiger partial charge is 0.179 e. The van der Waals surface area contributed by atoms with Crippen molar-refractivity contribution >= 4 is 9.84 Å². The largest absolute Gasteiger partial charge is 0.396 e. The van der Waals surface area contributed by atoms with Crippen LogP contribution in [0, 0.1) is 0 Å². The van der Waals surface area contributed by atoms with Crippen LogP contribution >= 0.6 is 0 Å². The highest BCUT2D eigenvalue weighted by molar-refractivity contribution is 7.91. The molecule has 5 heteroatoms. The van der Waals surface area contributed by atoms with Gasteiger partial charge in [-0.25, -0.2) is 8.42 Å². The van der Waals surface area contributed by atoms with E-state index < -0.39 is 15.9 Å². The van der Waals surface area contributed by atoms with E-state index in [4.69, 9.17) is 10.8 Å². The van der Waals surface area contributed by atoms with Crippen LogP contribution in [-0.4, -0.2) is 31.9 Å². The quantitative estimate of drug-likeness (QED) is 0.823. The summed E-state index contributed by atoms with van der Waals surface area (Å²) in [6.45, 7) is -0.0825. The summed E-state index contributed by atoms with van der Waals surface area (Å²) < 4.78 is 24.3. The fourth-order valence-electron chi connectivity index (χ4n) is 2.37. The number of nitrogens with two attached hydrogens (primary N) is 1. The molecule has 0 amide bonds. The van der Waals surface area contributed by atoms with Gasteiger partial charge in [-0.1, -0.05) is 6.07 Å². The first-order valence-corrected chi connectivity index (χ1v) is 7.89. The highest BCUT2D eigenvalue weighted by atomic mass is 32.2. The van der Waals surface area contributed by atoms with Crippen molar-refractivity contribution in [1.29, 1.82) is 0 Å². The summed E-state index contributed by atoms with van der Waals surface area (Å²) in [6, 6.07) is 4.86. The molecule has 1 aliphatic rings. The van der Waals surface area contributed by atoms with E-state index in [0.29, 0.717) is 11.3 Å². The molecule has 100 valence electrons. The van der Waals surface area contributed by atoms with E-state index in [-0.39, 0.29) is 12.4 Å². The molecule has 2 rings (SSSR count). The number of hydrogen-bond donors (Lipinski definition) is 2. The molecule has 0 saturated carbocycles. The Morgan fingerprint density at radius 2 is 2.00 bits per heavy atom. The fraction of sp³-hybridized carbons (Fsp3) is 0.538. The lowest BCUT2D eigenvalue weighted by Crippen LogP contribution is -2.30. The first-order valence-electron chi connectivity index (χ1n) is 6.24. The van der Waals surface area contributed by atoms with E-state index in [9.17, 15) is 8.42 Å². The molecule has 0 fully saturated rings. The first kappa shape index (κ1) is 13.5. The van der Waals surface area contributed by atoms with Gasteiger partial charge in [-0.3, -0.25) is 0 Å². The van der Waals surface area contributed by atoms with Gasteiger partial charge < -0.3 is 10.8 Å². The Bertz CT molecular complexity index is 525. The van der Waals surface area contributed by atoms with Crippen LogP contribution in [0.5, 0.6) is 0 Å². The van der Waals surface area contributed by atoms with Crippen LogP contribution in [0.15, 0.2) is 23.1 Å². The third-order valence-electron chi connectivity index (χ3n) is 3.36. The van der Waals surface area contributed by atoms with Crippen LogP contribution in [0.2, 0.25) is 0 Å². The van der Waals surface area contributed by atoms with Gasteiger partial charge in [0.2, 0.25) is 0 Å². The molecule has 1 atom stereocenters. The van der Waals surface area contributed by atoms with Gasteiger partial charge in [0.15, 0.2) is 9.84 Å². The number of rotatable bonds is 5. The Hall–Kier alpha value is -0.910. The van der Waals surface area contributed by atoms with Crippen molar-refractivity contribution < 1.29 is 13.5 Å². The number of benzene rings is 1. The molecule has 4 nitrogen and oxygen atoms in total. The first-order chi connectivity index (χ1) is 8.53. The molecule has 18 heavy (non-hydrogen) atoms. The van der Waals surface area contributed by atoms with Crippen LogP contribution in [0.1, 0.15) is 24.0 Å². The molecular weight excluding hydrogens is 250 g/mol. The van der Waals surface area contributed by atoms with E-state index in [1.54, 1.807) is 12.1 Å². The van der Waals surface area contributed by atoms with Crippen molar-refractivity contribution in [2.75, 3.05) is 12.4 Å². The molecule has 1 unspecified atom stereocenters. The molecule has 1 aliphatic carbocycles. The molecule has 1 aromatic carbocycles. The number of hydrogen-bond acceptors (Lipinski definition) is 4. The van der Waals surface area contributed by atoms with Gasteiger partial charge in [0.1, 0.15) is 0 Å². The summed E-state index contributed by atoms with van der Waals surface area (Å²) in [5.41, 5.74) is 8.08. The van der Waals surface area contributed by atoms with E-state index in [1.807, 2.05) is 6.07 Å². The van der Waals surface area contributed by atoms with Gasteiger partial charge in [0.05, 0.1) is 10.6 Å². The molecule has 0 heterocycles. The Morgan fingerprint density at radius 3 is 2.72 bits per heavy atom. The van der Waals surface area contributed by atoms with Crippen LogP contribution in [0.4, 0.5) is 0 Å². The maximum atomic E-state index is 12.2. The summed E-state index contributed by atoms with van der Waals surface area (Å²) >= 11 is 0. The molecule has 0 aromatic heterocycles. The zero-order valence-corrected chi connectivity index (χ0v) is 11.1. The van der Waals surface area contributed by atoms with Crippen LogP contribution in [0.25, 0.3) is 0 Å². The van der Waals surface area contributed by atoms with E-state index in [0.717, 1.165) is 24.8 Å². The third-order valence-corrected chi connectivity index (χ3v) is 5.20. The Kier molecular flexibility index (Phi) is 4.04. The second-order valence-corrected chi connectivity index (χ2v) is 6.87. The molecule has 3 N–H and O–H groups in total. The lowest BCUT2D eigenvalue weighted by atomic mass is 10.1. The summed E-state index contributed by atoms with van der Waals surface area (Å²) in [4.78, 5) is 0.358. The number of sulfone groups is 1. The number of aliphatic hydroxyl groups is 1. The lowest BCUT2D eigenvalue weighted by molar-refractivity contribution is 0.279. The van der Waals surface area contributed by atoms with Crippen LogP contribution in [-0.2, 0) is 22.7 Å². The Labute approximate surface area is 108 Å². The lowest BCUT2D eigenvalue weighted by Gasteiger charge is -2.11. The molecule has 0 saturated heterocycles. The van der Waals surface area contributed by atoms with Gasteiger partial charge in [-0.15, -0.1) is 0 Å². The molecule has 0 aliphatic heterocycles. The maximum Gasteiger partial charge on any atom is 0.179 e. The van der Waals surface area contributed by atoms with Gasteiger partial charge in [-0.05, 0) is 48.9 Å². The van der Waals surface area contributed by atoms with Crippen LogP contribution < -0.4 is 5.73 Å². The number of fused-ring (bicyclic) bond motifs is 1. The van der Waals surface area contributed by atoms with Gasteiger partial charge in [0, 0.05) is 12.6 Å². The minimum Gasteiger partial charge on any atom is -0.396 e. The molecule has 0 spiro atoms. The molecule has 0 bridgehead atoms. The Balaban J connectivity index is 2.19. The fourth-order valence-corrected chi connectivity index (χ4v) is 3.89. The Morgan fingerprint density at radius 1 is 1.28 bits per heavy atom.